The number of hydrogen-bond donors (Lipinski definition) is 0. The Morgan fingerprint density at radius 1 is 1.00 bits per heavy atom. The molecule has 0 spiro atoms. The van der Waals surface area contributed by atoms with Crippen LogP contribution in [0.4, 0.5) is 11.5 Å². The van der Waals surface area contributed by atoms with Crippen molar-refractivity contribution in [3.8, 4) is 11.4 Å². The molecular weight excluding hydrogens is 350 g/mol. The first-order valence-corrected chi connectivity index (χ1v) is 9.58. The topological polar surface area (TPSA) is 55.3 Å². The molecule has 0 saturated heterocycles. The number of carbonyl (C=O) groups is 1. The number of esters is 1. The predicted octanol–water partition coefficient (Wildman–Crippen LogP) is 5.18. The van der Waals surface area contributed by atoms with E-state index in [1.54, 1.807) is 19.1 Å². The van der Waals surface area contributed by atoms with Crippen LogP contribution in [0.5, 0.6) is 0 Å². The van der Waals surface area contributed by atoms with Crippen molar-refractivity contribution in [1.82, 2.24) is 9.97 Å². The summed E-state index contributed by atoms with van der Waals surface area (Å²) < 4.78 is 5.07. The van der Waals surface area contributed by atoms with Gasteiger partial charge in [0.05, 0.1) is 12.2 Å². The molecule has 1 heterocycles. The van der Waals surface area contributed by atoms with Crippen molar-refractivity contribution in [2.45, 2.75) is 27.2 Å². The molecular formula is C23H25N3O2. The fraction of sp³-hybridized carbons (Fsp3) is 0.261. The van der Waals surface area contributed by atoms with Gasteiger partial charge in [0.25, 0.3) is 0 Å². The summed E-state index contributed by atoms with van der Waals surface area (Å²) in [6.45, 7) is 7.09. The maximum absolute atomic E-state index is 11.9. The standard InChI is InChI=1S/C23H25N3O2/c1-4-15-26(20-13-11-19(12-14-20)23(27)28-5-2)21-16-17(3)24-22(25-21)18-9-7-6-8-10-18/h6-14,16H,4-5,15H2,1-3H3. The molecule has 0 aliphatic rings. The zero-order valence-corrected chi connectivity index (χ0v) is 16.6. The van der Waals surface area contributed by atoms with Crippen molar-refractivity contribution in [2.75, 3.05) is 18.1 Å². The molecule has 0 fully saturated rings. The van der Waals surface area contributed by atoms with Crippen LogP contribution in [0, 0.1) is 6.92 Å². The Morgan fingerprint density at radius 3 is 2.36 bits per heavy atom. The molecule has 3 rings (SSSR count). The summed E-state index contributed by atoms with van der Waals surface area (Å²) in [7, 11) is 0. The average molecular weight is 375 g/mol. The van der Waals surface area contributed by atoms with Gasteiger partial charge in [-0.05, 0) is 44.5 Å². The van der Waals surface area contributed by atoms with Crippen LogP contribution in [0.3, 0.4) is 0 Å². The zero-order valence-electron chi connectivity index (χ0n) is 16.6. The van der Waals surface area contributed by atoms with Crippen LogP contribution in [0.25, 0.3) is 11.4 Å². The van der Waals surface area contributed by atoms with E-state index in [1.807, 2.05) is 55.5 Å². The van der Waals surface area contributed by atoms with Gasteiger partial charge in [0.2, 0.25) is 0 Å². The summed E-state index contributed by atoms with van der Waals surface area (Å²) in [6.07, 6.45) is 0.962. The van der Waals surface area contributed by atoms with E-state index >= 15 is 0 Å². The Balaban J connectivity index is 1.96. The number of aryl methyl sites for hydroxylation is 1. The second-order valence-corrected chi connectivity index (χ2v) is 6.48. The minimum absolute atomic E-state index is 0.305. The van der Waals surface area contributed by atoms with Gasteiger partial charge >= 0.3 is 5.97 Å². The summed E-state index contributed by atoms with van der Waals surface area (Å²) in [5.74, 6) is 1.25. The van der Waals surface area contributed by atoms with E-state index in [0.717, 1.165) is 35.7 Å². The van der Waals surface area contributed by atoms with Crippen molar-refractivity contribution >= 4 is 17.5 Å². The van der Waals surface area contributed by atoms with E-state index in [9.17, 15) is 4.79 Å². The molecule has 5 heteroatoms. The van der Waals surface area contributed by atoms with E-state index in [4.69, 9.17) is 9.72 Å². The molecule has 2 aromatic carbocycles. The maximum Gasteiger partial charge on any atom is 0.338 e. The lowest BCUT2D eigenvalue weighted by Crippen LogP contribution is -2.20. The molecule has 0 unspecified atom stereocenters. The molecule has 5 nitrogen and oxygen atoms in total. The minimum Gasteiger partial charge on any atom is -0.462 e. The molecule has 0 bridgehead atoms. The number of aromatic nitrogens is 2. The van der Waals surface area contributed by atoms with Crippen molar-refractivity contribution in [3.63, 3.8) is 0 Å². The monoisotopic (exact) mass is 375 g/mol. The van der Waals surface area contributed by atoms with E-state index in [1.165, 1.54) is 0 Å². The van der Waals surface area contributed by atoms with Gasteiger partial charge in [0, 0.05) is 29.6 Å². The Morgan fingerprint density at radius 2 is 1.71 bits per heavy atom. The number of ether oxygens (including phenoxy) is 1. The third-order valence-corrected chi connectivity index (χ3v) is 4.29. The molecule has 3 aromatic rings. The summed E-state index contributed by atoms with van der Waals surface area (Å²) in [4.78, 5) is 23.5. The van der Waals surface area contributed by atoms with Gasteiger partial charge < -0.3 is 9.64 Å². The third-order valence-electron chi connectivity index (χ3n) is 4.29. The van der Waals surface area contributed by atoms with E-state index in [2.05, 4.69) is 16.8 Å². The number of benzene rings is 2. The first kappa shape index (κ1) is 19.5. The van der Waals surface area contributed by atoms with Crippen molar-refractivity contribution in [1.29, 1.82) is 0 Å². The molecule has 1 aromatic heterocycles. The third kappa shape index (κ3) is 4.55. The lowest BCUT2D eigenvalue weighted by atomic mass is 10.2. The maximum atomic E-state index is 11.9. The number of anilines is 2. The van der Waals surface area contributed by atoms with Crippen LogP contribution in [0.1, 0.15) is 36.3 Å². The van der Waals surface area contributed by atoms with Crippen LogP contribution in [0.15, 0.2) is 60.7 Å². The van der Waals surface area contributed by atoms with Crippen LogP contribution in [-0.4, -0.2) is 29.1 Å². The minimum atomic E-state index is -0.305. The highest BCUT2D eigenvalue weighted by atomic mass is 16.5. The molecule has 0 aliphatic heterocycles. The Labute approximate surface area is 166 Å². The molecule has 0 N–H and O–H groups in total. The smallest absolute Gasteiger partial charge is 0.338 e. The van der Waals surface area contributed by atoms with Gasteiger partial charge in [-0.15, -0.1) is 0 Å². The van der Waals surface area contributed by atoms with Gasteiger partial charge in [-0.25, -0.2) is 14.8 Å². The second-order valence-electron chi connectivity index (χ2n) is 6.48. The molecule has 0 amide bonds. The fourth-order valence-corrected chi connectivity index (χ4v) is 3.00. The lowest BCUT2D eigenvalue weighted by Gasteiger charge is -2.24. The highest BCUT2D eigenvalue weighted by Crippen LogP contribution is 2.27. The predicted molar refractivity (Wildman–Crippen MR) is 112 cm³/mol. The van der Waals surface area contributed by atoms with Crippen molar-refractivity contribution in [3.05, 3.63) is 71.9 Å². The highest BCUT2D eigenvalue weighted by molar-refractivity contribution is 5.90. The molecule has 0 aliphatic carbocycles. The lowest BCUT2D eigenvalue weighted by molar-refractivity contribution is 0.0526. The van der Waals surface area contributed by atoms with Gasteiger partial charge in [-0.3, -0.25) is 0 Å². The van der Waals surface area contributed by atoms with Crippen LogP contribution >= 0.6 is 0 Å². The quantitative estimate of drug-likeness (QED) is 0.533. The van der Waals surface area contributed by atoms with Crippen LogP contribution in [0.2, 0.25) is 0 Å². The Hall–Kier alpha value is -3.21. The van der Waals surface area contributed by atoms with E-state index in [0.29, 0.717) is 18.0 Å². The highest BCUT2D eigenvalue weighted by Gasteiger charge is 2.14. The summed E-state index contributed by atoms with van der Waals surface area (Å²) in [5, 5.41) is 0. The van der Waals surface area contributed by atoms with Gasteiger partial charge in [-0.1, -0.05) is 37.3 Å². The molecule has 0 saturated carbocycles. The molecule has 144 valence electrons. The Bertz CT molecular complexity index is 924. The number of rotatable bonds is 7. The summed E-state index contributed by atoms with van der Waals surface area (Å²) in [6, 6.07) is 19.4. The zero-order chi connectivity index (χ0) is 19.9. The largest absolute Gasteiger partial charge is 0.462 e. The van der Waals surface area contributed by atoms with Gasteiger partial charge in [0.1, 0.15) is 5.82 Å². The molecule has 0 atom stereocenters. The van der Waals surface area contributed by atoms with Crippen LogP contribution < -0.4 is 4.90 Å². The summed E-state index contributed by atoms with van der Waals surface area (Å²) >= 11 is 0. The van der Waals surface area contributed by atoms with Gasteiger partial charge in [0.15, 0.2) is 5.82 Å². The van der Waals surface area contributed by atoms with E-state index < -0.39 is 0 Å². The normalized spacial score (nSPS) is 10.5. The first-order chi connectivity index (χ1) is 13.6. The Kier molecular flexibility index (Phi) is 6.37. The first-order valence-electron chi connectivity index (χ1n) is 9.58. The average Bonchev–Trinajstić information content (AvgIpc) is 2.72. The molecule has 0 radical (unpaired) electrons. The van der Waals surface area contributed by atoms with Crippen molar-refractivity contribution in [2.24, 2.45) is 0 Å². The van der Waals surface area contributed by atoms with Gasteiger partial charge in [-0.2, -0.15) is 0 Å². The van der Waals surface area contributed by atoms with Crippen molar-refractivity contribution < 1.29 is 9.53 Å². The SMILES string of the molecule is CCCN(c1ccc(C(=O)OCC)cc1)c1cc(C)nc(-c2ccccc2)n1. The number of hydrogen-bond acceptors (Lipinski definition) is 5. The number of carbonyl (C=O) groups excluding carboxylic acids is 1. The van der Waals surface area contributed by atoms with E-state index in [-0.39, 0.29) is 5.97 Å². The molecule has 28 heavy (non-hydrogen) atoms. The summed E-state index contributed by atoms with van der Waals surface area (Å²) in [5.41, 5.74) is 3.42. The number of nitrogens with zero attached hydrogens (tertiary/aromatic N) is 3. The second kappa shape index (κ2) is 9.13. The van der Waals surface area contributed by atoms with Crippen LogP contribution in [-0.2, 0) is 4.74 Å². The fourth-order valence-electron chi connectivity index (χ4n) is 3.00.